The van der Waals surface area contributed by atoms with Gasteiger partial charge in [0.15, 0.2) is 0 Å². The maximum absolute atomic E-state index is 13.9. The molecule has 3 aromatic heterocycles. The zero-order valence-corrected chi connectivity index (χ0v) is 19.4. The van der Waals surface area contributed by atoms with Gasteiger partial charge in [0.1, 0.15) is 17.8 Å². The molecule has 0 aliphatic heterocycles. The minimum atomic E-state index is -4.81. The van der Waals surface area contributed by atoms with E-state index in [1.54, 1.807) is 24.3 Å². The number of hydrogen-bond acceptors (Lipinski definition) is 6. The number of carbonyl (C=O) groups excluding carboxylic acids is 1. The van der Waals surface area contributed by atoms with Gasteiger partial charge in [0.2, 0.25) is 17.5 Å². The molecule has 36 heavy (non-hydrogen) atoms. The van der Waals surface area contributed by atoms with Gasteiger partial charge in [-0.25, -0.2) is 4.98 Å². The van der Waals surface area contributed by atoms with E-state index in [0.717, 1.165) is 4.57 Å². The topological polar surface area (TPSA) is 98.7 Å². The van der Waals surface area contributed by atoms with E-state index < -0.39 is 24.5 Å². The quantitative estimate of drug-likeness (QED) is 0.293. The second-order valence-electron chi connectivity index (χ2n) is 7.47. The molecule has 8 nitrogen and oxygen atoms in total. The number of para-hydroxylation sites is 1. The third-order valence-corrected chi connectivity index (χ3v) is 5.76. The maximum Gasteiger partial charge on any atom is 0.449 e. The molecule has 0 saturated carbocycles. The van der Waals surface area contributed by atoms with Crippen LogP contribution >= 0.6 is 23.2 Å². The number of hydrogen-bond donors (Lipinski definition) is 1. The number of benzene rings is 2. The SMILES string of the molecule is O=C(Nc1cccc2c1nc(C(F)(F)F)n2Cc1nc(-c2ccccn2)no1)c1c(Cl)cccc1Cl. The van der Waals surface area contributed by atoms with Crippen molar-refractivity contribution in [3.8, 4) is 11.5 Å². The lowest BCUT2D eigenvalue weighted by molar-refractivity contribution is -0.146. The van der Waals surface area contributed by atoms with E-state index in [4.69, 9.17) is 27.7 Å². The number of halogens is 5. The Morgan fingerprint density at radius 3 is 2.44 bits per heavy atom. The fourth-order valence-corrected chi connectivity index (χ4v) is 4.15. The standard InChI is InChI=1S/C23H13Cl2F3N6O2/c24-12-5-3-6-13(25)18(12)21(35)30-14-8-4-9-16-19(14)32-22(23(26,27)28)34(16)11-17-31-20(33-36-17)15-7-1-2-10-29-15/h1-10H,11H2,(H,30,35). The molecule has 0 radical (unpaired) electrons. The maximum atomic E-state index is 13.9. The summed E-state index contributed by atoms with van der Waals surface area (Å²) in [7, 11) is 0. The molecular weight excluding hydrogens is 520 g/mol. The fourth-order valence-electron chi connectivity index (χ4n) is 3.58. The van der Waals surface area contributed by atoms with Gasteiger partial charge < -0.3 is 14.4 Å². The van der Waals surface area contributed by atoms with E-state index in [2.05, 4.69) is 25.4 Å². The molecule has 1 N–H and O–H groups in total. The third-order valence-electron chi connectivity index (χ3n) is 5.13. The lowest BCUT2D eigenvalue weighted by Gasteiger charge is -2.10. The zero-order chi connectivity index (χ0) is 25.4. The summed E-state index contributed by atoms with van der Waals surface area (Å²) in [5.74, 6) is -1.85. The number of carbonyl (C=O) groups is 1. The molecule has 0 unspecified atom stereocenters. The summed E-state index contributed by atoms with van der Waals surface area (Å²) in [5, 5.41) is 6.54. The van der Waals surface area contributed by atoms with Gasteiger partial charge in [0.05, 0.1) is 26.8 Å². The van der Waals surface area contributed by atoms with Crippen molar-refractivity contribution in [3.63, 3.8) is 0 Å². The van der Waals surface area contributed by atoms with Crippen LogP contribution in [0.1, 0.15) is 22.1 Å². The first-order chi connectivity index (χ1) is 17.2. The van der Waals surface area contributed by atoms with Gasteiger partial charge in [-0.15, -0.1) is 0 Å². The lowest BCUT2D eigenvalue weighted by atomic mass is 10.2. The Morgan fingerprint density at radius 1 is 1.00 bits per heavy atom. The van der Waals surface area contributed by atoms with Crippen LogP contribution in [0.3, 0.4) is 0 Å². The Balaban J connectivity index is 1.54. The summed E-state index contributed by atoms with van der Waals surface area (Å²) >= 11 is 12.2. The molecule has 0 fully saturated rings. The fraction of sp³-hybridized carbons (Fsp3) is 0.0870. The molecule has 1 amide bonds. The molecule has 0 aliphatic rings. The van der Waals surface area contributed by atoms with E-state index in [0.29, 0.717) is 5.69 Å². The van der Waals surface area contributed by atoms with Crippen LogP contribution in [0.4, 0.5) is 18.9 Å². The summed E-state index contributed by atoms with van der Waals surface area (Å²) in [6.07, 6.45) is -3.28. The summed E-state index contributed by atoms with van der Waals surface area (Å²) in [4.78, 5) is 24.9. The van der Waals surface area contributed by atoms with Crippen LogP contribution in [-0.4, -0.2) is 30.6 Å². The van der Waals surface area contributed by atoms with Crippen LogP contribution in [0.2, 0.25) is 10.0 Å². The Morgan fingerprint density at radius 2 is 1.75 bits per heavy atom. The molecule has 5 aromatic rings. The average molecular weight is 533 g/mol. The van der Waals surface area contributed by atoms with Crippen molar-refractivity contribution in [1.29, 1.82) is 0 Å². The van der Waals surface area contributed by atoms with Crippen molar-refractivity contribution in [2.45, 2.75) is 12.7 Å². The number of anilines is 1. The molecule has 5 rings (SSSR count). The summed E-state index contributed by atoms with van der Waals surface area (Å²) in [6, 6.07) is 13.9. The Bertz CT molecular complexity index is 1560. The van der Waals surface area contributed by atoms with E-state index in [1.165, 1.54) is 36.5 Å². The van der Waals surface area contributed by atoms with Crippen LogP contribution in [0.25, 0.3) is 22.6 Å². The van der Waals surface area contributed by atoms with E-state index >= 15 is 0 Å². The van der Waals surface area contributed by atoms with Crippen molar-refractivity contribution < 1.29 is 22.5 Å². The van der Waals surface area contributed by atoms with Gasteiger partial charge >= 0.3 is 6.18 Å². The predicted molar refractivity (Wildman–Crippen MR) is 126 cm³/mol. The van der Waals surface area contributed by atoms with Crippen molar-refractivity contribution in [3.05, 3.63) is 88.1 Å². The molecular formula is C23H13Cl2F3N6O2. The first-order valence-corrected chi connectivity index (χ1v) is 11.0. The highest BCUT2D eigenvalue weighted by molar-refractivity contribution is 6.40. The highest BCUT2D eigenvalue weighted by atomic mass is 35.5. The minimum absolute atomic E-state index is 0.0128. The van der Waals surface area contributed by atoms with Gasteiger partial charge in [-0.3, -0.25) is 9.78 Å². The highest BCUT2D eigenvalue weighted by Gasteiger charge is 2.38. The van der Waals surface area contributed by atoms with Crippen LogP contribution < -0.4 is 5.32 Å². The number of fused-ring (bicyclic) bond motifs is 1. The molecule has 0 atom stereocenters. The number of imidazole rings is 1. The van der Waals surface area contributed by atoms with Crippen LogP contribution in [-0.2, 0) is 12.7 Å². The van der Waals surface area contributed by atoms with Crippen molar-refractivity contribution in [1.82, 2.24) is 24.7 Å². The first kappa shape index (κ1) is 23.8. The van der Waals surface area contributed by atoms with E-state index in [1.807, 2.05) is 0 Å². The van der Waals surface area contributed by atoms with Crippen LogP contribution in [0.15, 0.2) is 65.3 Å². The highest BCUT2D eigenvalue weighted by Crippen LogP contribution is 2.35. The Hall–Kier alpha value is -3.96. The van der Waals surface area contributed by atoms with Crippen molar-refractivity contribution in [2.24, 2.45) is 0 Å². The zero-order valence-electron chi connectivity index (χ0n) is 17.9. The molecule has 0 aliphatic carbocycles. The van der Waals surface area contributed by atoms with Crippen LogP contribution in [0, 0.1) is 0 Å². The van der Waals surface area contributed by atoms with Gasteiger partial charge in [-0.05, 0) is 36.4 Å². The molecule has 182 valence electrons. The molecule has 13 heteroatoms. The normalized spacial score (nSPS) is 11.7. The van der Waals surface area contributed by atoms with Crippen molar-refractivity contribution >= 4 is 45.8 Å². The van der Waals surface area contributed by atoms with Crippen LogP contribution in [0.5, 0.6) is 0 Å². The monoisotopic (exact) mass is 532 g/mol. The number of amides is 1. The number of nitrogens with one attached hydrogen (secondary N) is 1. The second kappa shape index (κ2) is 9.25. The number of nitrogens with zero attached hydrogens (tertiary/aromatic N) is 5. The predicted octanol–water partition coefficient (Wildman–Crippen LogP) is 6.11. The largest absolute Gasteiger partial charge is 0.449 e. The molecule has 0 spiro atoms. The van der Waals surface area contributed by atoms with Gasteiger partial charge in [-0.2, -0.15) is 18.2 Å². The van der Waals surface area contributed by atoms with Gasteiger partial charge in [0.25, 0.3) is 5.91 Å². The summed E-state index contributed by atoms with van der Waals surface area (Å²) < 4.78 is 47.9. The third kappa shape index (κ3) is 4.50. The molecule has 3 heterocycles. The van der Waals surface area contributed by atoms with E-state index in [-0.39, 0.29) is 44.0 Å². The Kier molecular flexibility index (Phi) is 6.10. The molecule has 0 saturated heterocycles. The molecule has 0 bridgehead atoms. The molecule has 2 aromatic carbocycles. The average Bonchev–Trinajstić information content (AvgIpc) is 3.46. The lowest BCUT2D eigenvalue weighted by Crippen LogP contribution is -2.15. The number of pyridine rings is 1. The Labute approximate surface area is 210 Å². The number of rotatable bonds is 5. The number of alkyl halides is 3. The van der Waals surface area contributed by atoms with Crippen molar-refractivity contribution in [2.75, 3.05) is 5.32 Å². The van der Waals surface area contributed by atoms with Gasteiger partial charge in [-0.1, -0.05) is 46.6 Å². The summed E-state index contributed by atoms with van der Waals surface area (Å²) in [6.45, 7) is -0.418. The minimum Gasteiger partial charge on any atom is -0.337 e. The number of aromatic nitrogens is 5. The smallest absolute Gasteiger partial charge is 0.337 e. The summed E-state index contributed by atoms with van der Waals surface area (Å²) in [5.41, 5.74) is 0.426. The first-order valence-electron chi connectivity index (χ1n) is 10.3. The van der Waals surface area contributed by atoms with Gasteiger partial charge in [0, 0.05) is 6.20 Å². The van der Waals surface area contributed by atoms with E-state index in [9.17, 15) is 18.0 Å². The second-order valence-corrected chi connectivity index (χ2v) is 8.28.